The third-order valence-corrected chi connectivity index (χ3v) is 5.10. The number of amides is 2. The number of nitrogens with two attached hydrogens (primary N) is 1. The number of likely N-dealkylation sites (tertiary alicyclic amines) is 1. The third-order valence-electron chi connectivity index (χ3n) is 5.10. The molecule has 2 fully saturated rings. The zero-order valence-corrected chi connectivity index (χ0v) is 15.1. The summed E-state index contributed by atoms with van der Waals surface area (Å²) < 4.78 is 0. The van der Waals surface area contributed by atoms with Crippen molar-refractivity contribution in [2.75, 3.05) is 24.5 Å². The molecule has 6 heteroatoms. The highest BCUT2D eigenvalue weighted by Crippen LogP contribution is 2.30. The normalized spacial score (nSPS) is 26.6. The van der Waals surface area contributed by atoms with E-state index < -0.39 is 0 Å². The standard InChI is InChI=1S/C18H25N3O2.ClH/c1-12-3-5-16(6-4-12)21-11-15(8-17(21)22)18(23)20-10-14(9-19)7-13(20)2;/h3-6,13-15H,7-11,19H2,1-2H3;1H. The maximum absolute atomic E-state index is 12.8. The summed E-state index contributed by atoms with van der Waals surface area (Å²) in [4.78, 5) is 28.8. The van der Waals surface area contributed by atoms with Gasteiger partial charge in [0.2, 0.25) is 11.8 Å². The molecular formula is C18H26ClN3O2. The van der Waals surface area contributed by atoms with Gasteiger partial charge in [-0.1, -0.05) is 17.7 Å². The highest BCUT2D eigenvalue weighted by Gasteiger charge is 2.40. The van der Waals surface area contributed by atoms with Crippen LogP contribution in [0.2, 0.25) is 0 Å². The Morgan fingerprint density at radius 3 is 2.50 bits per heavy atom. The van der Waals surface area contributed by atoms with E-state index in [0.29, 0.717) is 25.4 Å². The lowest BCUT2D eigenvalue weighted by Crippen LogP contribution is -2.39. The van der Waals surface area contributed by atoms with Gasteiger partial charge in [-0.25, -0.2) is 0 Å². The van der Waals surface area contributed by atoms with E-state index in [0.717, 1.165) is 24.2 Å². The minimum absolute atomic E-state index is 0. The van der Waals surface area contributed by atoms with E-state index in [4.69, 9.17) is 5.73 Å². The summed E-state index contributed by atoms with van der Waals surface area (Å²) in [6.07, 6.45) is 1.27. The first-order chi connectivity index (χ1) is 11.0. The number of benzene rings is 1. The van der Waals surface area contributed by atoms with Crippen LogP contribution in [0.15, 0.2) is 24.3 Å². The second-order valence-electron chi connectivity index (χ2n) is 6.92. The summed E-state index contributed by atoms with van der Waals surface area (Å²) in [6, 6.07) is 8.10. The average molecular weight is 352 g/mol. The Kier molecular flexibility index (Phi) is 5.88. The molecule has 0 spiro atoms. The van der Waals surface area contributed by atoms with Gasteiger partial charge in [-0.15, -0.1) is 12.4 Å². The molecule has 2 heterocycles. The summed E-state index contributed by atoms with van der Waals surface area (Å²) in [5.74, 6) is 0.299. The van der Waals surface area contributed by atoms with Crippen molar-refractivity contribution in [3.8, 4) is 0 Å². The maximum atomic E-state index is 12.8. The fourth-order valence-corrected chi connectivity index (χ4v) is 3.70. The monoisotopic (exact) mass is 351 g/mol. The van der Waals surface area contributed by atoms with Crippen LogP contribution in [0.4, 0.5) is 5.69 Å². The zero-order valence-electron chi connectivity index (χ0n) is 14.3. The molecule has 3 rings (SSSR count). The number of hydrogen-bond donors (Lipinski definition) is 1. The van der Waals surface area contributed by atoms with Crippen molar-refractivity contribution in [2.24, 2.45) is 17.6 Å². The Morgan fingerprint density at radius 2 is 1.92 bits per heavy atom. The first kappa shape index (κ1) is 18.7. The van der Waals surface area contributed by atoms with E-state index in [-0.39, 0.29) is 36.2 Å². The molecule has 0 aromatic heterocycles. The van der Waals surface area contributed by atoms with E-state index >= 15 is 0 Å². The summed E-state index contributed by atoms with van der Waals surface area (Å²) in [6.45, 7) is 5.92. The number of anilines is 1. The van der Waals surface area contributed by atoms with Crippen LogP contribution in [0.3, 0.4) is 0 Å². The Hall–Kier alpha value is -1.59. The largest absolute Gasteiger partial charge is 0.339 e. The number of nitrogens with zero attached hydrogens (tertiary/aromatic N) is 2. The van der Waals surface area contributed by atoms with Crippen LogP contribution >= 0.6 is 12.4 Å². The molecule has 3 unspecified atom stereocenters. The molecule has 1 aromatic rings. The number of hydrogen-bond acceptors (Lipinski definition) is 3. The fraction of sp³-hybridized carbons (Fsp3) is 0.556. The van der Waals surface area contributed by atoms with Crippen LogP contribution in [0.1, 0.15) is 25.3 Å². The molecule has 132 valence electrons. The lowest BCUT2D eigenvalue weighted by atomic mass is 10.1. The molecule has 0 saturated carbocycles. The van der Waals surface area contributed by atoms with E-state index in [9.17, 15) is 9.59 Å². The summed E-state index contributed by atoms with van der Waals surface area (Å²) in [5, 5.41) is 0. The van der Waals surface area contributed by atoms with Crippen LogP contribution in [-0.4, -0.2) is 42.4 Å². The van der Waals surface area contributed by atoms with Gasteiger partial charge in [-0.3, -0.25) is 9.59 Å². The molecule has 2 aliphatic rings. The quantitative estimate of drug-likeness (QED) is 0.905. The molecule has 5 nitrogen and oxygen atoms in total. The number of halogens is 1. The molecule has 0 aliphatic carbocycles. The van der Waals surface area contributed by atoms with E-state index in [1.165, 1.54) is 0 Å². The topological polar surface area (TPSA) is 66.6 Å². The van der Waals surface area contributed by atoms with E-state index in [2.05, 4.69) is 6.92 Å². The summed E-state index contributed by atoms with van der Waals surface area (Å²) in [7, 11) is 0. The van der Waals surface area contributed by atoms with Crippen molar-refractivity contribution >= 4 is 29.9 Å². The molecule has 2 saturated heterocycles. The van der Waals surface area contributed by atoms with Crippen LogP contribution < -0.4 is 10.6 Å². The molecule has 0 bridgehead atoms. The highest BCUT2D eigenvalue weighted by molar-refractivity contribution is 6.00. The Bertz CT molecular complexity index is 605. The smallest absolute Gasteiger partial charge is 0.228 e. The molecule has 1 aromatic carbocycles. The highest BCUT2D eigenvalue weighted by atomic mass is 35.5. The molecule has 2 amide bonds. The van der Waals surface area contributed by atoms with E-state index in [1.807, 2.05) is 36.1 Å². The van der Waals surface area contributed by atoms with Gasteiger partial charge in [0, 0.05) is 31.2 Å². The molecule has 2 aliphatic heterocycles. The van der Waals surface area contributed by atoms with Gasteiger partial charge in [-0.05, 0) is 44.9 Å². The van der Waals surface area contributed by atoms with Crippen molar-refractivity contribution in [3.05, 3.63) is 29.8 Å². The van der Waals surface area contributed by atoms with Gasteiger partial charge >= 0.3 is 0 Å². The first-order valence-electron chi connectivity index (χ1n) is 8.37. The van der Waals surface area contributed by atoms with Gasteiger partial charge < -0.3 is 15.5 Å². The summed E-state index contributed by atoms with van der Waals surface area (Å²) in [5.41, 5.74) is 7.78. The lowest BCUT2D eigenvalue weighted by Gasteiger charge is -2.25. The number of rotatable bonds is 3. The molecule has 3 atom stereocenters. The first-order valence-corrected chi connectivity index (χ1v) is 8.37. The van der Waals surface area contributed by atoms with Crippen LogP contribution in [0.5, 0.6) is 0 Å². The third kappa shape index (κ3) is 3.57. The van der Waals surface area contributed by atoms with Crippen LogP contribution in [-0.2, 0) is 9.59 Å². The van der Waals surface area contributed by atoms with Crippen LogP contribution in [0.25, 0.3) is 0 Å². The van der Waals surface area contributed by atoms with Crippen molar-refractivity contribution in [2.45, 2.75) is 32.7 Å². The SMILES string of the molecule is Cc1ccc(N2CC(C(=O)N3CC(CN)CC3C)CC2=O)cc1.Cl. The predicted molar refractivity (Wildman–Crippen MR) is 97.2 cm³/mol. The molecular weight excluding hydrogens is 326 g/mol. The summed E-state index contributed by atoms with van der Waals surface area (Å²) >= 11 is 0. The van der Waals surface area contributed by atoms with Gasteiger partial charge in [0.05, 0.1) is 5.92 Å². The number of carbonyl (C=O) groups excluding carboxylic acids is 2. The van der Waals surface area contributed by atoms with Gasteiger partial charge in [-0.2, -0.15) is 0 Å². The van der Waals surface area contributed by atoms with Gasteiger partial charge in [0.1, 0.15) is 0 Å². The molecule has 2 N–H and O–H groups in total. The second kappa shape index (κ2) is 7.53. The molecule has 24 heavy (non-hydrogen) atoms. The van der Waals surface area contributed by atoms with Crippen molar-refractivity contribution in [1.29, 1.82) is 0 Å². The fourth-order valence-electron chi connectivity index (χ4n) is 3.70. The Morgan fingerprint density at radius 1 is 1.25 bits per heavy atom. The zero-order chi connectivity index (χ0) is 16.6. The maximum Gasteiger partial charge on any atom is 0.228 e. The second-order valence-corrected chi connectivity index (χ2v) is 6.92. The number of aryl methyl sites for hydroxylation is 1. The average Bonchev–Trinajstić information content (AvgIpc) is 3.10. The van der Waals surface area contributed by atoms with E-state index in [1.54, 1.807) is 4.90 Å². The Balaban J connectivity index is 0.00000208. The van der Waals surface area contributed by atoms with Crippen molar-refractivity contribution in [1.82, 2.24) is 4.90 Å². The minimum atomic E-state index is -0.234. The predicted octanol–water partition coefficient (Wildman–Crippen LogP) is 1.97. The Labute approximate surface area is 149 Å². The van der Waals surface area contributed by atoms with Gasteiger partial charge in [0.15, 0.2) is 0 Å². The minimum Gasteiger partial charge on any atom is -0.339 e. The lowest BCUT2D eigenvalue weighted by molar-refractivity contribution is -0.136. The number of carbonyl (C=O) groups is 2. The van der Waals surface area contributed by atoms with Crippen molar-refractivity contribution < 1.29 is 9.59 Å². The molecule has 0 radical (unpaired) electrons. The van der Waals surface area contributed by atoms with Crippen LogP contribution in [0, 0.1) is 18.8 Å². The van der Waals surface area contributed by atoms with Crippen molar-refractivity contribution in [3.63, 3.8) is 0 Å². The van der Waals surface area contributed by atoms with Gasteiger partial charge in [0.25, 0.3) is 0 Å².